The average Bonchev–Trinajstić information content (AvgIpc) is 2.55. The number of amides is 2. The van der Waals surface area contributed by atoms with Gasteiger partial charge in [0.25, 0.3) is 0 Å². The summed E-state index contributed by atoms with van der Waals surface area (Å²) in [4.78, 5) is 12.4. The molecule has 2 aromatic carbocycles. The summed E-state index contributed by atoms with van der Waals surface area (Å²) in [6, 6.07) is 17.0. The molecule has 128 valence electrons. The predicted molar refractivity (Wildman–Crippen MR) is 98.2 cm³/mol. The Kier molecular flexibility index (Phi) is 5.99. The van der Waals surface area contributed by atoms with Gasteiger partial charge in [0.05, 0.1) is 6.04 Å². The first-order valence-corrected chi connectivity index (χ1v) is 8.24. The molecular weight excluding hydrogens is 300 g/mol. The van der Waals surface area contributed by atoms with Crippen molar-refractivity contribution in [1.82, 2.24) is 5.32 Å². The Morgan fingerprint density at radius 2 is 1.67 bits per heavy atom. The molecule has 4 heteroatoms. The molecule has 2 amide bonds. The monoisotopic (exact) mass is 326 g/mol. The van der Waals surface area contributed by atoms with Crippen LogP contribution in [-0.4, -0.2) is 17.7 Å². The largest absolute Gasteiger partial charge is 0.396 e. The molecule has 2 aromatic rings. The molecule has 2 rings (SSSR count). The van der Waals surface area contributed by atoms with E-state index in [0.29, 0.717) is 6.42 Å². The predicted octanol–water partition coefficient (Wildman–Crippen LogP) is 4.23. The van der Waals surface area contributed by atoms with Crippen LogP contribution in [0.3, 0.4) is 0 Å². The molecule has 4 nitrogen and oxygen atoms in total. The Balaban J connectivity index is 2.12. The summed E-state index contributed by atoms with van der Waals surface area (Å²) >= 11 is 0. The highest BCUT2D eigenvalue weighted by Crippen LogP contribution is 2.29. The molecule has 0 aliphatic rings. The lowest BCUT2D eigenvalue weighted by Gasteiger charge is -2.24. The summed E-state index contributed by atoms with van der Waals surface area (Å²) < 4.78 is 0. The summed E-state index contributed by atoms with van der Waals surface area (Å²) in [7, 11) is 0. The van der Waals surface area contributed by atoms with E-state index in [-0.39, 0.29) is 24.1 Å². The van der Waals surface area contributed by atoms with Crippen LogP contribution in [0.4, 0.5) is 10.5 Å². The molecule has 0 bridgehead atoms. The maximum Gasteiger partial charge on any atom is 0.319 e. The van der Waals surface area contributed by atoms with Gasteiger partial charge in [-0.15, -0.1) is 0 Å². The van der Waals surface area contributed by atoms with Crippen molar-refractivity contribution in [1.29, 1.82) is 0 Å². The normalized spacial score (nSPS) is 12.5. The topological polar surface area (TPSA) is 61.4 Å². The molecule has 0 aliphatic carbocycles. The fourth-order valence-corrected chi connectivity index (χ4v) is 2.70. The molecule has 0 aromatic heterocycles. The van der Waals surface area contributed by atoms with Crippen LogP contribution in [0.5, 0.6) is 0 Å². The average molecular weight is 326 g/mol. The minimum absolute atomic E-state index is 0.0123. The zero-order valence-electron chi connectivity index (χ0n) is 14.5. The second-order valence-corrected chi connectivity index (χ2v) is 6.87. The molecule has 24 heavy (non-hydrogen) atoms. The molecule has 0 saturated carbocycles. The highest BCUT2D eigenvalue weighted by molar-refractivity contribution is 5.90. The van der Waals surface area contributed by atoms with Crippen molar-refractivity contribution in [2.45, 2.75) is 38.6 Å². The number of benzene rings is 2. The summed E-state index contributed by atoms with van der Waals surface area (Å²) in [5, 5.41) is 15.2. The molecule has 0 unspecified atom stereocenters. The Morgan fingerprint density at radius 1 is 1.04 bits per heavy atom. The highest BCUT2D eigenvalue weighted by atomic mass is 16.3. The number of rotatable bonds is 5. The molecule has 0 saturated heterocycles. The van der Waals surface area contributed by atoms with E-state index in [4.69, 9.17) is 0 Å². The maximum atomic E-state index is 12.4. The fourth-order valence-electron chi connectivity index (χ4n) is 2.70. The molecule has 0 aliphatic heterocycles. The van der Waals surface area contributed by atoms with Gasteiger partial charge >= 0.3 is 6.03 Å². The van der Waals surface area contributed by atoms with Crippen LogP contribution in [-0.2, 0) is 5.41 Å². The van der Waals surface area contributed by atoms with E-state index in [1.165, 1.54) is 0 Å². The SMILES string of the molecule is CC(C)(C)c1ccccc1NC(=O)N[C@H](CCO)c1ccccc1. The Bertz CT molecular complexity index is 663. The van der Waals surface area contributed by atoms with Gasteiger partial charge < -0.3 is 15.7 Å². The van der Waals surface area contributed by atoms with Crippen LogP contribution >= 0.6 is 0 Å². The number of carbonyl (C=O) groups excluding carboxylic acids is 1. The van der Waals surface area contributed by atoms with Gasteiger partial charge in [0.1, 0.15) is 0 Å². The lowest BCUT2D eigenvalue weighted by molar-refractivity contribution is 0.239. The van der Waals surface area contributed by atoms with Gasteiger partial charge in [-0.3, -0.25) is 0 Å². The molecule has 0 spiro atoms. The van der Waals surface area contributed by atoms with E-state index < -0.39 is 0 Å². The highest BCUT2D eigenvalue weighted by Gasteiger charge is 2.20. The number of hydrogen-bond acceptors (Lipinski definition) is 2. The third kappa shape index (κ3) is 4.83. The van der Waals surface area contributed by atoms with Crippen LogP contribution < -0.4 is 10.6 Å². The van der Waals surface area contributed by atoms with Crippen LogP contribution in [0, 0.1) is 0 Å². The standard InChI is InChI=1S/C20H26N2O2/c1-20(2,3)16-11-7-8-12-18(16)22-19(24)21-17(13-14-23)15-9-5-4-6-10-15/h4-12,17,23H,13-14H2,1-3H3,(H2,21,22,24)/t17-/m1/s1. The van der Waals surface area contributed by atoms with Crippen molar-refractivity contribution >= 4 is 11.7 Å². The van der Waals surface area contributed by atoms with Gasteiger partial charge in [0, 0.05) is 12.3 Å². The van der Waals surface area contributed by atoms with Gasteiger partial charge in [-0.1, -0.05) is 69.3 Å². The molecule has 0 radical (unpaired) electrons. The lowest BCUT2D eigenvalue weighted by Crippen LogP contribution is -2.33. The van der Waals surface area contributed by atoms with Crippen molar-refractivity contribution in [3.05, 3.63) is 65.7 Å². The van der Waals surface area contributed by atoms with Crippen LogP contribution in [0.15, 0.2) is 54.6 Å². The summed E-state index contributed by atoms with van der Waals surface area (Å²) in [6.07, 6.45) is 0.471. The first-order valence-electron chi connectivity index (χ1n) is 8.24. The van der Waals surface area contributed by atoms with E-state index >= 15 is 0 Å². The number of hydrogen-bond donors (Lipinski definition) is 3. The minimum atomic E-state index is -0.269. The minimum Gasteiger partial charge on any atom is -0.396 e. The van der Waals surface area contributed by atoms with E-state index in [9.17, 15) is 9.90 Å². The van der Waals surface area contributed by atoms with Crippen molar-refractivity contribution in [2.75, 3.05) is 11.9 Å². The number of urea groups is 1. The smallest absolute Gasteiger partial charge is 0.319 e. The molecular formula is C20H26N2O2. The van der Waals surface area contributed by atoms with Crippen molar-refractivity contribution in [3.63, 3.8) is 0 Å². The number of anilines is 1. The maximum absolute atomic E-state index is 12.4. The number of nitrogens with one attached hydrogen (secondary N) is 2. The Morgan fingerprint density at radius 3 is 2.29 bits per heavy atom. The van der Waals surface area contributed by atoms with Gasteiger partial charge in [-0.25, -0.2) is 4.79 Å². The van der Waals surface area contributed by atoms with Crippen molar-refractivity contribution in [2.24, 2.45) is 0 Å². The molecule has 0 fully saturated rings. The zero-order valence-corrected chi connectivity index (χ0v) is 14.5. The van der Waals surface area contributed by atoms with Gasteiger partial charge in [-0.2, -0.15) is 0 Å². The van der Waals surface area contributed by atoms with Crippen LogP contribution in [0.1, 0.15) is 44.4 Å². The van der Waals surface area contributed by atoms with Crippen molar-refractivity contribution < 1.29 is 9.90 Å². The molecule has 1 atom stereocenters. The first kappa shape index (κ1) is 18.0. The molecule has 3 N–H and O–H groups in total. The second kappa shape index (κ2) is 7.97. The summed E-state index contributed by atoms with van der Waals surface area (Å²) in [6.45, 7) is 6.36. The summed E-state index contributed by atoms with van der Waals surface area (Å²) in [5.74, 6) is 0. The summed E-state index contributed by atoms with van der Waals surface area (Å²) in [5.41, 5.74) is 2.80. The molecule has 0 heterocycles. The quantitative estimate of drug-likeness (QED) is 0.770. The number of aliphatic hydroxyl groups is 1. The first-order chi connectivity index (χ1) is 11.4. The second-order valence-electron chi connectivity index (χ2n) is 6.87. The zero-order chi connectivity index (χ0) is 17.6. The van der Waals surface area contributed by atoms with E-state index in [0.717, 1.165) is 16.8 Å². The van der Waals surface area contributed by atoms with Gasteiger partial charge in [-0.05, 0) is 29.0 Å². The van der Waals surface area contributed by atoms with Gasteiger partial charge in [0.2, 0.25) is 0 Å². The van der Waals surface area contributed by atoms with Crippen LogP contribution in [0.25, 0.3) is 0 Å². The number of aliphatic hydroxyl groups excluding tert-OH is 1. The van der Waals surface area contributed by atoms with E-state index in [1.54, 1.807) is 0 Å². The third-order valence-corrected chi connectivity index (χ3v) is 3.91. The lowest BCUT2D eigenvalue weighted by atomic mass is 9.86. The fraction of sp³-hybridized carbons (Fsp3) is 0.350. The van der Waals surface area contributed by atoms with Gasteiger partial charge in [0.15, 0.2) is 0 Å². The Hall–Kier alpha value is -2.33. The number of para-hydroxylation sites is 1. The Labute approximate surface area is 143 Å². The number of carbonyl (C=O) groups is 1. The van der Waals surface area contributed by atoms with Crippen molar-refractivity contribution in [3.8, 4) is 0 Å². The van der Waals surface area contributed by atoms with Crippen LogP contribution in [0.2, 0.25) is 0 Å². The van der Waals surface area contributed by atoms with E-state index in [2.05, 4.69) is 31.4 Å². The van der Waals surface area contributed by atoms with E-state index in [1.807, 2.05) is 54.6 Å². The third-order valence-electron chi connectivity index (χ3n) is 3.91.